The maximum atomic E-state index is 14.6. The summed E-state index contributed by atoms with van der Waals surface area (Å²) in [7, 11) is 1.54. The SMILES string of the molecule is Cn1c(=O)c(-c2cc(N)ccc2Cl)c(-c2c(F)cccc2F)c2cn[nH]c21. The van der Waals surface area contributed by atoms with Crippen LogP contribution in [-0.4, -0.2) is 14.8 Å². The van der Waals surface area contributed by atoms with Gasteiger partial charge in [0.1, 0.15) is 17.3 Å². The van der Waals surface area contributed by atoms with Gasteiger partial charge in [0.2, 0.25) is 0 Å². The fourth-order valence-corrected chi connectivity index (χ4v) is 3.42. The number of aryl methyl sites for hydroxylation is 1. The molecule has 2 aromatic carbocycles. The zero-order chi connectivity index (χ0) is 19.3. The highest BCUT2D eigenvalue weighted by Crippen LogP contribution is 2.40. The number of rotatable bonds is 2. The van der Waals surface area contributed by atoms with Gasteiger partial charge in [-0.1, -0.05) is 17.7 Å². The van der Waals surface area contributed by atoms with E-state index in [2.05, 4.69) is 10.2 Å². The fourth-order valence-electron chi connectivity index (χ4n) is 3.21. The molecule has 0 amide bonds. The van der Waals surface area contributed by atoms with Crippen molar-refractivity contribution < 1.29 is 8.78 Å². The number of fused-ring (bicyclic) bond motifs is 1. The number of H-pyrrole nitrogens is 1. The van der Waals surface area contributed by atoms with Gasteiger partial charge in [-0.2, -0.15) is 5.10 Å². The second-order valence-corrected chi connectivity index (χ2v) is 6.49. The third-order valence-electron chi connectivity index (χ3n) is 4.46. The lowest BCUT2D eigenvalue weighted by Crippen LogP contribution is -2.21. The Labute approximate surface area is 157 Å². The number of halogens is 3. The average molecular weight is 387 g/mol. The van der Waals surface area contributed by atoms with Gasteiger partial charge in [-0.15, -0.1) is 0 Å². The lowest BCUT2D eigenvalue weighted by molar-refractivity contribution is 0.590. The van der Waals surface area contributed by atoms with Crippen LogP contribution in [-0.2, 0) is 7.05 Å². The summed E-state index contributed by atoms with van der Waals surface area (Å²) >= 11 is 6.30. The quantitative estimate of drug-likeness (QED) is 0.509. The van der Waals surface area contributed by atoms with Crippen molar-refractivity contribution >= 4 is 28.3 Å². The van der Waals surface area contributed by atoms with E-state index in [1.807, 2.05) is 0 Å². The summed E-state index contributed by atoms with van der Waals surface area (Å²) in [4.78, 5) is 13.1. The van der Waals surface area contributed by atoms with Gasteiger partial charge in [0.25, 0.3) is 5.56 Å². The monoisotopic (exact) mass is 386 g/mol. The van der Waals surface area contributed by atoms with E-state index in [0.29, 0.717) is 16.7 Å². The number of aromatic amines is 1. The predicted molar refractivity (Wildman–Crippen MR) is 102 cm³/mol. The molecule has 27 heavy (non-hydrogen) atoms. The van der Waals surface area contributed by atoms with Crippen molar-refractivity contribution in [3.8, 4) is 22.3 Å². The number of nitrogens with zero attached hydrogens (tertiary/aromatic N) is 2. The van der Waals surface area contributed by atoms with E-state index in [1.54, 1.807) is 6.07 Å². The molecule has 8 heteroatoms. The minimum Gasteiger partial charge on any atom is -0.399 e. The van der Waals surface area contributed by atoms with Crippen molar-refractivity contribution in [2.24, 2.45) is 7.05 Å². The zero-order valence-corrected chi connectivity index (χ0v) is 14.8. The molecule has 5 nitrogen and oxygen atoms in total. The summed E-state index contributed by atoms with van der Waals surface area (Å²) in [6.07, 6.45) is 1.42. The highest BCUT2D eigenvalue weighted by atomic mass is 35.5. The van der Waals surface area contributed by atoms with Crippen LogP contribution < -0.4 is 11.3 Å². The smallest absolute Gasteiger partial charge is 0.260 e. The molecule has 4 rings (SSSR count). The van der Waals surface area contributed by atoms with E-state index < -0.39 is 17.2 Å². The second kappa shape index (κ2) is 6.21. The number of nitrogens with one attached hydrogen (secondary N) is 1. The molecule has 2 heterocycles. The lowest BCUT2D eigenvalue weighted by Gasteiger charge is -2.16. The first kappa shape index (κ1) is 17.2. The summed E-state index contributed by atoms with van der Waals surface area (Å²) in [6.45, 7) is 0. The lowest BCUT2D eigenvalue weighted by atomic mass is 9.92. The summed E-state index contributed by atoms with van der Waals surface area (Å²) in [6, 6.07) is 8.14. The van der Waals surface area contributed by atoms with Crippen LogP contribution in [0.25, 0.3) is 33.3 Å². The number of nitrogen functional groups attached to an aromatic ring is 1. The van der Waals surface area contributed by atoms with Crippen molar-refractivity contribution in [1.82, 2.24) is 14.8 Å². The molecular formula is C19H13ClF2N4O. The highest BCUT2D eigenvalue weighted by molar-refractivity contribution is 6.33. The summed E-state index contributed by atoms with van der Waals surface area (Å²) in [5.41, 5.74) is 6.16. The number of benzene rings is 2. The molecule has 0 radical (unpaired) electrons. The first-order valence-corrected chi connectivity index (χ1v) is 8.33. The molecule has 2 aromatic heterocycles. The van der Waals surface area contributed by atoms with E-state index in [4.69, 9.17) is 17.3 Å². The van der Waals surface area contributed by atoms with Gasteiger partial charge in [0, 0.05) is 34.3 Å². The predicted octanol–water partition coefficient (Wildman–Crippen LogP) is 4.11. The van der Waals surface area contributed by atoms with Gasteiger partial charge in [-0.25, -0.2) is 8.78 Å². The molecular weight excluding hydrogens is 374 g/mol. The Balaban J connectivity index is 2.27. The highest BCUT2D eigenvalue weighted by Gasteiger charge is 2.25. The van der Waals surface area contributed by atoms with Crippen LogP contribution in [0.4, 0.5) is 14.5 Å². The van der Waals surface area contributed by atoms with Crippen LogP contribution in [0, 0.1) is 11.6 Å². The van der Waals surface area contributed by atoms with E-state index in [9.17, 15) is 13.6 Å². The van der Waals surface area contributed by atoms with Gasteiger partial charge in [-0.3, -0.25) is 14.5 Å². The molecule has 0 atom stereocenters. The minimum atomic E-state index is -0.799. The van der Waals surface area contributed by atoms with Crippen LogP contribution in [0.5, 0.6) is 0 Å². The second-order valence-electron chi connectivity index (χ2n) is 6.08. The molecule has 0 unspecified atom stereocenters. The Morgan fingerprint density at radius 3 is 2.52 bits per heavy atom. The van der Waals surface area contributed by atoms with Gasteiger partial charge in [0.05, 0.1) is 17.3 Å². The molecule has 0 aliphatic carbocycles. The molecule has 0 fully saturated rings. The molecule has 4 aromatic rings. The molecule has 0 bridgehead atoms. The van der Waals surface area contributed by atoms with E-state index in [1.165, 1.54) is 36.0 Å². The van der Waals surface area contributed by atoms with Crippen molar-refractivity contribution in [1.29, 1.82) is 0 Å². The van der Waals surface area contributed by atoms with E-state index >= 15 is 0 Å². The molecule has 136 valence electrons. The standard InChI is InChI=1S/C19H13ClF2N4O/c1-26-18-11(8-24-25-18)15(17-13(21)3-2-4-14(17)22)16(19(26)27)10-7-9(23)5-6-12(10)20/h2-8H,23H2,1H3,(H,24,25). The number of nitrogens with two attached hydrogens (primary N) is 1. The third-order valence-corrected chi connectivity index (χ3v) is 4.79. The first-order valence-electron chi connectivity index (χ1n) is 7.96. The Bertz CT molecular complexity index is 1240. The summed E-state index contributed by atoms with van der Waals surface area (Å²) in [5, 5.41) is 7.25. The zero-order valence-electron chi connectivity index (χ0n) is 14.1. The van der Waals surface area contributed by atoms with Crippen molar-refractivity contribution in [2.75, 3.05) is 5.73 Å². The largest absolute Gasteiger partial charge is 0.399 e. The Morgan fingerprint density at radius 1 is 1.11 bits per heavy atom. The van der Waals surface area contributed by atoms with Crippen molar-refractivity contribution in [3.05, 3.63) is 69.6 Å². The Kier molecular flexibility index (Phi) is 3.96. The summed E-state index contributed by atoms with van der Waals surface area (Å²) in [5.74, 6) is -1.60. The van der Waals surface area contributed by atoms with Gasteiger partial charge in [0.15, 0.2) is 0 Å². The maximum Gasteiger partial charge on any atom is 0.260 e. The van der Waals surface area contributed by atoms with Gasteiger partial charge >= 0.3 is 0 Å². The fraction of sp³-hybridized carbons (Fsp3) is 0.0526. The normalized spacial score (nSPS) is 11.3. The molecule has 0 aliphatic heterocycles. The average Bonchev–Trinajstić information content (AvgIpc) is 3.11. The molecule has 0 aliphatic rings. The molecule has 0 saturated heterocycles. The maximum absolute atomic E-state index is 14.6. The van der Waals surface area contributed by atoms with E-state index in [0.717, 1.165) is 12.1 Å². The minimum absolute atomic E-state index is 0.0488. The van der Waals surface area contributed by atoms with Gasteiger partial charge < -0.3 is 5.73 Å². The Hall–Kier alpha value is -3.19. The van der Waals surface area contributed by atoms with Crippen molar-refractivity contribution in [2.45, 2.75) is 0 Å². The number of hydrogen-bond donors (Lipinski definition) is 2. The van der Waals surface area contributed by atoms with Gasteiger partial charge in [-0.05, 0) is 30.3 Å². The third kappa shape index (κ3) is 2.59. The number of pyridine rings is 1. The number of anilines is 1. The van der Waals surface area contributed by atoms with Crippen LogP contribution in [0.1, 0.15) is 0 Å². The topological polar surface area (TPSA) is 76.7 Å². The molecule has 3 N–H and O–H groups in total. The molecule has 0 saturated carbocycles. The number of hydrogen-bond acceptors (Lipinski definition) is 3. The van der Waals surface area contributed by atoms with Crippen molar-refractivity contribution in [3.63, 3.8) is 0 Å². The summed E-state index contributed by atoms with van der Waals surface area (Å²) < 4.78 is 30.6. The molecule has 0 spiro atoms. The first-order chi connectivity index (χ1) is 12.9. The van der Waals surface area contributed by atoms with E-state index in [-0.39, 0.29) is 27.3 Å². The van der Waals surface area contributed by atoms with Crippen LogP contribution in [0.15, 0.2) is 47.4 Å². The van der Waals surface area contributed by atoms with Crippen LogP contribution in [0.3, 0.4) is 0 Å². The van der Waals surface area contributed by atoms with Crippen LogP contribution >= 0.6 is 11.6 Å². The van der Waals surface area contributed by atoms with Crippen LogP contribution in [0.2, 0.25) is 5.02 Å². The Morgan fingerprint density at radius 2 is 1.81 bits per heavy atom. The number of aromatic nitrogens is 3.